The van der Waals surface area contributed by atoms with Gasteiger partial charge in [-0.25, -0.2) is 4.79 Å². The Bertz CT molecular complexity index is 971. The van der Waals surface area contributed by atoms with Crippen molar-refractivity contribution in [3.05, 3.63) is 69.8 Å². The molecule has 1 amide bonds. The summed E-state index contributed by atoms with van der Waals surface area (Å²) >= 11 is 6.63. The predicted octanol–water partition coefficient (Wildman–Crippen LogP) is 4.72. The first-order chi connectivity index (χ1) is 15.5. The smallest absolute Gasteiger partial charge is 0.338 e. The Morgan fingerprint density at radius 3 is 2.59 bits per heavy atom. The Morgan fingerprint density at radius 2 is 1.81 bits per heavy atom. The molecule has 0 aliphatic carbocycles. The number of aryl methyl sites for hydroxylation is 2. The van der Waals surface area contributed by atoms with Crippen molar-refractivity contribution >= 4 is 29.2 Å². The van der Waals surface area contributed by atoms with E-state index in [1.165, 1.54) is 0 Å². The highest BCUT2D eigenvalue weighted by molar-refractivity contribution is 6.33. The fraction of sp³-hybridized carbons (Fsp3) is 0.400. The number of halogens is 1. The Hall–Kier alpha value is -2.86. The third-order valence-corrected chi connectivity index (χ3v) is 5.86. The quantitative estimate of drug-likeness (QED) is 0.375. The minimum atomic E-state index is -0.397. The Labute approximate surface area is 194 Å². The van der Waals surface area contributed by atoms with E-state index in [2.05, 4.69) is 11.2 Å². The van der Waals surface area contributed by atoms with Crippen LogP contribution in [0.15, 0.2) is 47.7 Å². The van der Waals surface area contributed by atoms with Gasteiger partial charge in [-0.1, -0.05) is 53.2 Å². The summed E-state index contributed by atoms with van der Waals surface area (Å²) in [5, 5.41) is 4.73. The number of carbonyl (C=O) groups excluding carboxylic acids is 2. The van der Waals surface area contributed by atoms with E-state index in [1.54, 1.807) is 4.90 Å². The summed E-state index contributed by atoms with van der Waals surface area (Å²) in [7, 11) is 0. The van der Waals surface area contributed by atoms with Gasteiger partial charge >= 0.3 is 5.97 Å². The van der Waals surface area contributed by atoms with Gasteiger partial charge in [0, 0.05) is 24.5 Å². The number of fused-ring (bicyclic) bond motifs is 1. The summed E-state index contributed by atoms with van der Waals surface area (Å²) in [5.41, 5.74) is 3.38. The zero-order valence-corrected chi connectivity index (χ0v) is 19.4. The van der Waals surface area contributed by atoms with Gasteiger partial charge in [0.1, 0.15) is 0 Å². The van der Waals surface area contributed by atoms with Crippen LogP contribution < -0.4 is 0 Å². The molecule has 0 fully saturated rings. The van der Waals surface area contributed by atoms with Crippen LogP contribution in [-0.2, 0) is 20.8 Å². The lowest BCUT2D eigenvalue weighted by Crippen LogP contribution is -2.31. The van der Waals surface area contributed by atoms with E-state index in [9.17, 15) is 9.59 Å². The molecule has 7 heteroatoms. The van der Waals surface area contributed by atoms with Crippen LogP contribution in [0.1, 0.15) is 46.3 Å². The summed E-state index contributed by atoms with van der Waals surface area (Å²) in [4.78, 5) is 32.2. The Kier molecular flexibility index (Phi) is 8.68. The number of ether oxygens (including phenoxy) is 1. The monoisotopic (exact) mass is 456 g/mol. The summed E-state index contributed by atoms with van der Waals surface area (Å²) in [6, 6.07) is 1.89. The number of esters is 1. The van der Waals surface area contributed by atoms with Crippen molar-refractivity contribution in [3.63, 3.8) is 0 Å². The third kappa shape index (κ3) is 6.33. The molecule has 2 heterocycles. The molecule has 0 saturated carbocycles. The van der Waals surface area contributed by atoms with Crippen molar-refractivity contribution in [3.8, 4) is 0 Å². The minimum absolute atomic E-state index is 0.122. The number of oxime groups is 1. The average Bonchev–Trinajstić information content (AvgIpc) is 3.30. The summed E-state index contributed by atoms with van der Waals surface area (Å²) in [5.74, 6) is -0.520. The summed E-state index contributed by atoms with van der Waals surface area (Å²) < 4.78 is 5.50. The summed E-state index contributed by atoms with van der Waals surface area (Å²) in [6.45, 7) is 5.14. The van der Waals surface area contributed by atoms with Crippen molar-refractivity contribution in [2.24, 2.45) is 5.16 Å². The molecular formula is C25H29ClN2O4. The number of amides is 1. The minimum Gasteiger partial charge on any atom is -0.462 e. The molecule has 2 aliphatic rings. The van der Waals surface area contributed by atoms with Crippen LogP contribution in [0.4, 0.5) is 0 Å². The van der Waals surface area contributed by atoms with E-state index in [0.29, 0.717) is 48.0 Å². The van der Waals surface area contributed by atoms with Crippen LogP contribution in [-0.4, -0.2) is 48.8 Å². The molecule has 0 aromatic heterocycles. The van der Waals surface area contributed by atoms with Gasteiger partial charge in [-0.2, -0.15) is 0 Å². The van der Waals surface area contributed by atoms with Crippen LogP contribution in [0.3, 0.4) is 0 Å². The fourth-order valence-corrected chi connectivity index (χ4v) is 3.90. The van der Waals surface area contributed by atoms with Crippen molar-refractivity contribution in [2.45, 2.75) is 39.5 Å². The number of hydrogen-bond donors (Lipinski definition) is 0. The van der Waals surface area contributed by atoms with Crippen molar-refractivity contribution < 1.29 is 19.2 Å². The first-order valence-electron chi connectivity index (χ1n) is 10.9. The van der Waals surface area contributed by atoms with E-state index in [0.717, 1.165) is 24.0 Å². The van der Waals surface area contributed by atoms with Crippen LogP contribution >= 0.6 is 11.6 Å². The first-order valence-corrected chi connectivity index (χ1v) is 11.2. The van der Waals surface area contributed by atoms with E-state index in [4.69, 9.17) is 21.2 Å². The molecule has 0 saturated heterocycles. The van der Waals surface area contributed by atoms with E-state index in [-0.39, 0.29) is 18.9 Å². The Morgan fingerprint density at radius 1 is 1.09 bits per heavy atom. The Balaban J connectivity index is 1.88. The molecule has 1 aromatic rings. The molecule has 0 bridgehead atoms. The molecule has 1 aromatic carbocycles. The molecule has 0 N–H and O–H groups in total. The van der Waals surface area contributed by atoms with Gasteiger partial charge < -0.3 is 14.5 Å². The van der Waals surface area contributed by atoms with E-state index < -0.39 is 5.97 Å². The maximum absolute atomic E-state index is 12.9. The molecule has 3 rings (SSSR count). The van der Waals surface area contributed by atoms with Crippen molar-refractivity contribution in [1.29, 1.82) is 0 Å². The van der Waals surface area contributed by atoms with Crippen LogP contribution in [0.2, 0.25) is 5.02 Å². The number of hydrogen-bond acceptors (Lipinski definition) is 5. The van der Waals surface area contributed by atoms with Gasteiger partial charge in [0.25, 0.3) is 5.91 Å². The average molecular weight is 457 g/mol. The predicted molar refractivity (Wildman–Crippen MR) is 126 cm³/mol. The third-order valence-electron chi connectivity index (χ3n) is 5.34. The number of nitrogens with zero attached hydrogens (tertiary/aromatic N) is 2. The largest absolute Gasteiger partial charge is 0.462 e. The fourth-order valence-electron chi connectivity index (χ4n) is 3.68. The van der Waals surface area contributed by atoms with Gasteiger partial charge in [-0.05, 0) is 55.9 Å². The van der Waals surface area contributed by atoms with Crippen molar-refractivity contribution in [1.82, 2.24) is 4.90 Å². The SMILES string of the molecule is Cc1cc(C)c2c(c1Cl)CC(=N\OCC(=O)N1CC=CC1)/C=C/CC/C=C/CCOC2=O. The molecule has 32 heavy (non-hydrogen) atoms. The number of rotatable bonds is 3. The maximum atomic E-state index is 12.9. The van der Waals surface area contributed by atoms with Gasteiger partial charge in [0.15, 0.2) is 6.61 Å². The molecule has 0 radical (unpaired) electrons. The highest BCUT2D eigenvalue weighted by Gasteiger charge is 2.22. The zero-order valence-electron chi connectivity index (χ0n) is 18.6. The van der Waals surface area contributed by atoms with E-state index >= 15 is 0 Å². The second-order valence-corrected chi connectivity index (χ2v) is 8.23. The van der Waals surface area contributed by atoms with Gasteiger partial charge in [0.2, 0.25) is 0 Å². The lowest BCUT2D eigenvalue weighted by atomic mass is 9.94. The van der Waals surface area contributed by atoms with Gasteiger partial charge in [-0.15, -0.1) is 0 Å². The van der Waals surface area contributed by atoms with Crippen molar-refractivity contribution in [2.75, 3.05) is 26.3 Å². The van der Waals surface area contributed by atoms with Crippen LogP contribution in [0.25, 0.3) is 0 Å². The highest BCUT2D eigenvalue weighted by atomic mass is 35.5. The summed E-state index contributed by atoms with van der Waals surface area (Å²) in [6.07, 6.45) is 14.5. The normalized spacial score (nSPS) is 20.4. The van der Waals surface area contributed by atoms with Crippen LogP contribution in [0, 0.1) is 13.8 Å². The molecule has 170 valence electrons. The lowest BCUT2D eigenvalue weighted by molar-refractivity contribution is -0.134. The maximum Gasteiger partial charge on any atom is 0.338 e. The van der Waals surface area contributed by atoms with Gasteiger partial charge in [0.05, 0.1) is 17.9 Å². The molecule has 0 atom stereocenters. The highest BCUT2D eigenvalue weighted by Crippen LogP contribution is 2.29. The molecule has 2 aliphatic heterocycles. The first kappa shape index (κ1) is 23.8. The van der Waals surface area contributed by atoms with Gasteiger partial charge in [-0.3, -0.25) is 4.79 Å². The molecule has 0 unspecified atom stereocenters. The number of allylic oxidation sites excluding steroid dienone is 3. The standard InChI is InChI=1S/C25H29ClN2O4/c1-18-15-19(2)24(26)21-16-20(27-32-17-22(29)28-12-8-9-13-28)11-7-5-3-4-6-10-14-31-25(30)23(18)21/h4,6-9,11,15H,3,5,10,12-14,16-17H2,1-2H3/b6-4+,11-7+,27-20-. The molecule has 6 nitrogen and oxygen atoms in total. The zero-order chi connectivity index (χ0) is 22.9. The number of cyclic esters (lactones) is 1. The topological polar surface area (TPSA) is 68.2 Å². The van der Waals surface area contributed by atoms with E-state index in [1.807, 2.05) is 50.3 Å². The van der Waals surface area contributed by atoms with Crippen LogP contribution in [0.5, 0.6) is 0 Å². The lowest BCUT2D eigenvalue weighted by Gasteiger charge is -2.17. The molecule has 0 spiro atoms. The molecular weight excluding hydrogens is 428 g/mol. The number of benzene rings is 1. The second kappa shape index (κ2) is 11.7. The second-order valence-electron chi connectivity index (χ2n) is 7.86. The number of carbonyl (C=O) groups is 2.